The van der Waals surface area contributed by atoms with E-state index < -0.39 is 0 Å². The molecule has 2 rings (SSSR count). The molecule has 0 aliphatic carbocycles. The Morgan fingerprint density at radius 3 is 3.05 bits per heavy atom. The summed E-state index contributed by atoms with van der Waals surface area (Å²) >= 11 is 0. The Hall–Kier alpha value is -1.85. The summed E-state index contributed by atoms with van der Waals surface area (Å²) in [5, 5.41) is 16.3. The molecule has 0 atom stereocenters. The maximum Gasteiger partial charge on any atom is 0.0713 e. The highest BCUT2D eigenvalue weighted by atomic mass is 16.5. The smallest absolute Gasteiger partial charge is 0.0713 e. The van der Waals surface area contributed by atoms with Gasteiger partial charge < -0.3 is 15.2 Å². The van der Waals surface area contributed by atoms with Gasteiger partial charge in [0.05, 0.1) is 26.0 Å². The van der Waals surface area contributed by atoms with Crippen LogP contribution in [0.25, 0.3) is 0 Å². The number of benzene rings is 1. The predicted molar refractivity (Wildman–Crippen MR) is 73.8 cm³/mol. The second-order valence-electron chi connectivity index (χ2n) is 4.32. The molecule has 0 aliphatic rings. The number of ether oxygens (including phenoxy) is 1. The first-order valence-corrected chi connectivity index (χ1v) is 6.26. The maximum atomic E-state index is 8.83. The van der Waals surface area contributed by atoms with Crippen molar-refractivity contribution in [3.8, 4) is 0 Å². The molecule has 0 aliphatic heterocycles. The average molecular weight is 261 g/mol. The van der Waals surface area contributed by atoms with Gasteiger partial charge in [-0.25, -0.2) is 0 Å². The van der Waals surface area contributed by atoms with Crippen LogP contribution >= 0.6 is 0 Å². The van der Waals surface area contributed by atoms with Crippen molar-refractivity contribution in [2.75, 3.05) is 19.0 Å². The van der Waals surface area contributed by atoms with E-state index in [4.69, 9.17) is 9.84 Å². The van der Waals surface area contributed by atoms with Gasteiger partial charge in [0.25, 0.3) is 0 Å². The van der Waals surface area contributed by atoms with Crippen LogP contribution in [-0.2, 0) is 24.4 Å². The van der Waals surface area contributed by atoms with Gasteiger partial charge in [-0.15, -0.1) is 0 Å². The van der Waals surface area contributed by atoms with E-state index in [-0.39, 0.29) is 6.61 Å². The van der Waals surface area contributed by atoms with Crippen LogP contribution in [-0.4, -0.2) is 28.6 Å². The maximum absolute atomic E-state index is 8.83. The highest BCUT2D eigenvalue weighted by molar-refractivity contribution is 5.45. The van der Waals surface area contributed by atoms with Crippen molar-refractivity contribution in [1.82, 2.24) is 9.78 Å². The van der Waals surface area contributed by atoms with Crippen LogP contribution < -0.4 is 5.32 Å². The van der Waals surface area contributed by atoms with Crippen LogP contribution in [0.1, 0.15) is 11.1 Å². The van der Waals surface area contributed by atoms with E-state index in [2.05, 4.69) is 16.5 Å². The summed E-state index contributed by atoms with van der Waals surface area (Å²) in [5.41, 5.74) is 3.29. The largest absolute Gasteiger partial charge is 0.394 e. The summed E-state index contributed by atoms with van der Waals surface area (Å²) in [6.07, 6.45) is 3.74. The fourth-order valence-electron chi connectivity index (χ4n) is 1.86. The second kappa shape index (κ2) is 6.92. The standard InChI is InChI=1S/C14H19N3O2/c1-19-11-12-3-2-4-14(7-12)15-8-13-9-16-17(10-13)5-6-18/h2-4,7,9-10,15,18H,5-6,8,11H2,1H3. The molecule has 5 nitrogen and oxygen atoms in total. The third-order valence-electron chi connectivity index (χ3n) is 2.75. The summed E-state index contributed by atoms with van der Waals surface area (Å²) in [6.45, 7) is 1.96. The molecule has 1 heterocycles. The molecule has 19 heavy (non-hydrogen) atoms. The molecule has 5 heteroatoms. The van der Waals surface area contributed by atoms with Crippen molar-refractivity contribution in [3.63, 3.8) is 0 Å². The van der Waals surface area contributed by atoms with Gasteiger partial charge in [-0.1, -0.05) is 12.1 Å². The van der Waals surface area contributed by atoms with Gasteiger partial charge in [-0.2, -0.15) is 5.10 Å². The van der Waals surface area contributed by atoms with E-state index >= 15 is 0 Å². The van der Waals surface area contributed by atoms with Crippen LogP contribution in [0, 0.1) is 0 Å². The molecule has 0 saturated carbocycles. The third-order valence-corrected chi connectivity index (χ3v) is 2.75. The van der Waals surface area contributed by atoms with E-state index in [0.29, 0.717) is 19.7 Å². The van der Waals surface area contributed by atoms with Crippen molar-refractivity contribution in [3.05, 3.63) is 47.8 Å². The third kappa shape index (κ3) is 4.08. The molecule has 1 aromatic heterocycles. The Labute approximate surface area is 112 Å². The number of aliphatic hydroxyl groups is 1. The monoisotopic (exact) mass is 261 g/mol. The minimum absolute atomic E-state index is 0.105. The predicted octanol–water partition coefficient (Wildman–Crippen LogP) is 1.63. The zero-order chi connectivity index (χ0) is 13.5. The molecular formula is C14H19N3O2. The molecule has 0 unspecified atom stereocenters. The lowest BCUT2D eigenvalue weighted by molar-refractivity contribution is 0.185. The lowest BCUT2D eigenvalue weighted by atomic mass is 10.2. The number of aliphatic hydroxyl groups excluding tert-OH is 1. The second-order valence-corrected chi connectivity index (χ2v) is 4.32. The molecule has 1 aromatic carbocycles. The zero-order valence-electron chi connectivity index (χ0n) is 11.0. The van der Waals surface area contributed by atoms with Crippen LogP contribution in [0.5, 0.6) is 0 Å². The first-order chi connectivity index (χ1) is 9.31. The van der Waals surface area contributed by atoms with Crippen LogP contribution in [0.4, 0.5) is 5.69 Å². The molecule has 0 spiro atoms. The van der Waals surface area contributed by atoms with Gasteiger partial charge in [0.2, 0.25) is 0 Å². The first kappa shape index (κ1) is 13.6. The molecule has 2 aromatic rings. The van der Waals surface area contributed by atoms with Gasteiger partial charge in [-0.3, -0.25) is 4.68 Å². The minimum atomic E-state index is 0.105. The number of anilines is 1. The quantitative estimate of drug-likeness (QED) is 0.795. The van der Waals surface area contributed by atoms with Gasteiger partial charge in [0.1, 0.15) is 0 Å². The Kier molecular flexibility index (Phi) is 4.94. The molecule has 0 saturated heterocycles. The molecule has 2 N–H and O–H groups in total. The summed E-state index contributed by atoms with van der Waals surface area (Å²) < 4.78 is 6.85. The van der Waals surface area contributed by atoms with Gasteiger partial charge in [-0.05, 0) is 17.7 Å². The number of hydrogen-bond donors (Lipinski definition) is 2. The Bertz CT molecular complexity index is 511. The van der Waals surface area contributed by atoms with E-state index in [9.17, 15) is 0 Å². The number of methoxy groups -OCH3 is 1. The summed E-state index contributed by atoms with van der Waals surface area (Å²) in [4.78, 5) is 0. The van der Waals surface area contributed by atoms with E-state index in [1.54, 1.807) is 11.8 Å². The summed E-state index contributed by atoms with van der Waals surface area (Å²) in [6, 6.07) is 8.14. The van der Waals surface area contributed by atoms with Gasteiger partial charge in [0, 0.05) is 31.1 Å². The number of hydrogen-bond acceptors (Lipinski definition) is 4. The molecular weight excluding hydrogens is 242 g/mol. The zero-order valence-corrected chi connectivity index (χ0v) is 11.0. The fraction of sp³-hybridized carbons (Fsp3) is 0.357. The molecule has 0 bridgehead atoms. The molecule has 0 radical (unpaired) electrons. The van der Waals surface area contributed by atoms with Crippen LogP contribution in [0.2, 0.25) is 0 Å². The average Bonchev–Trinajstić information content (AvgIpc) is 2.86. The Balaban J connectivity index is 1.91. The topological polar surface area (TPSA) is 59.3 Å². The lowest BCUT2D eigenvalue weighted by Gasteiger charge is -2.07. The van der Waals surface area contributed by atoms with Gasteiger partial charge in [0.15, 0.2) is 0 Å². The van der Waals surface area contributed by atoms with Crippen molar-refractivity contribution in [2.24, 2.45) is 0 Å². The number of nitrogens with one attached hydrogen (secondary N) is 1. The Morgan fingerprint density at radius 2 is 2.26 bits per heavy atom. The van der Waals surface area contributed by atoms with Crippen molar-refractivity contribution >= 4 is 5.69 Å². The fourth-order valence-corrected chi connectivity index (χ4v) is 1.86. The SMILES string of the molecule is COCc1cccc(NCc2cnn(CCO)c2)c1. The highest BCUT2D eigenvalue weighted by Gasteiger charge is 1.99. The molecule has 102 valence electrons. The van der Waals surface area contributed by atoms with Crippen LogP contribution in [0.15, 0.2) is 36.7 Å². The summed E-state index contributed by atoms with van der Waals surface area (Å²) in [5.74, 6) is 0. The van der Waals surface area contributed by atoms with Gasteiger partial charge >= 0.3 is 0 Å². The van der Waals surface area contributed by atoms with Crippen LogP contribution in [0.3, 0.4) is 0 Å². The summed E-state index contributed by atoms with van der Waals surface area (Å²) in [7, 11) is 1.69. The van der Waals surface area contributed by atoms with E-state index in [0.717, 1.165) is 16.8 Å². The number of nitrogens with zero attached hydrogens (tertiary/aromatic N) is 2. The number of rotatable bonds is 7. The van der Waals surface area contributed by atoms with Crippen molar-refractivity contribution in [1.29, 1.82) is 0 Å². The van der Waals surface area contributed by atoms with Crippen molar-refractivity contribution in [2.45, 2.75) is 19.7 Å². The van der Waals surface area contributed by atoms with E-state index in [1.807, 2.05) is 30.6 Å². The molecule has 0 fully saturated rings. The highest BCUT2D eigenvalue weighted by Crippen LogP contribution is 2.12. The van der Waals surface area contributed by atoms with Crippen molar-refractivity contribution < 1.29 is 9.84 Å². The first-order valence-electron chi connectivity index (χ1n) is 6.26. The molecule has 0 amide bonds. The number of aromatic nitrogens is 2. The Morgan fingerprint density at radius 1 is 1.37 bits per heavy atom. The minimum Gasteiger partial charge on any atom is -0.394 e. The van der Waals surface area contributed by atoms with E-state index in [1.165, 1.54) is 0 Å². The normalized spacial score (nSPS) is 10.6. The lowest BCUT2D eigenvalue weighted by Crippen LogP contribution is -2.02.